The molecule has 1 rings (SSSR count). The Kier molecular flexibility index (Phi) is 3.60. The van der Waals surface area contributed by atoms with Crippen molar-refractivity contribution < 1.29 is 27.1 Å². The molecule has 1 unspecified atom stereocenters. The second-order valence-electron chi connectivity index (χ2n) is 4.40. The zero-order valence-electron chi connectivity index (χ0n) is 8.84. The van der Waals surface area contributed by atoms with E-state index < -0.39 is 24.4 Å². The monoisotopic (exact) mass is 240 g/mol. The van der Waals surface area contributed by atoms with Gasteiger partial charge in [0, 0.05) is 0 Å². The van der Waals surface area contributed by atoms with Crippen LogP contribution in [0.25, 0.3) is 0 Å². The van der Waals surface area contributed by atoms with Crippen molar-refractivity contribution in [2.75, 3.05) is 0 Å². The van der Waals surface area contributed by atoms with Crippen LogP contribution in [0, 0.1) is 11.3 Å². The molecule has 0 bridgehead atoms. The van der Waals surface area contributed by atoms with Crippen LogP contribution in [0.1, 0.15) is 20.3 Å². The van der Waals surface area contributed by atoms with Crippen LogP contribution >= 0.6 is 0 Å². The van der Waals surface area contributed by atoms with E-state index in [1.54, 1.807) is 0 Å². The topological polar surface area (TPSA) is 26.3 Å². The summed E-state index contributed by atoms with van der Waals surface area (Å²) in [6.07, 6.45) is -5.88. The molecular formula is C10H12F4O2. The van der Waals surface area contributed by atoms with Gasteiger partial charge in [-0.15, -0.1) is 0 Å². The molecule has 16 heavy (non-hydrogen) atoms. The van der Waals surface area contributed by atoms with E-state index in [2.05, 4.69) is 4.74 Å². The van der Waals surface area contributed by atoms with Crippen LogP contribution in [0.3, 0.4) is 0 Å². The quantitative estimate of drug-likeness (QED) is 0.429. The number of carbonyl (C=O) groups is 1. The summed E-state index contributed by atoms with van der Waals surface area (Å²) in [6.45, 7) is 3.62. The number of carbonyl (C=O) groups excluding carboxylic acids is 1. The molecule has 92 valence electrons. The van der Waals surface area contributed by atoms with Gasteiger partial charge in [0.2, 0.25) is 0 Å². The lowest BCUT2D eigenvalue weighted by molar-refractivity contribution is -0.140. The highest BCUT2D eigenvalue weighted by Crippen LogP contribution is 2.52. The molecule has 1 fully saturated rings. The molecule has 0 radical (unpaired) electrons. The van der Waals surface area contributed by atoms with Crippen LogP contribution in [0.4, 0.5) is 17.6 Å². The molecule has 0 amide bonds. The summed E-state index contributed by atoms with van der Waals surface area (Å²) in [4.78, 5) is 11.2. The first kappa shape index (κ1) is 13.0. The Hall–Kier alpha value is -1.07. The third kappa shape index (κ3) is 2.96. The number of rotatable bonds is 4. The van der Waals surface area contributed by atoms with Gasteiger partial charge in [0.05, 0.1) is 11.5 Å². The Morgan fingerprint density at radius 1 is 1.31 bits per heavy atom. The number of alkyl halides is 4. The summed E-state index contributed by atoms with van der Waals surface area (Å²) in [5, 5.41) is 0. The van der Waals surface area contributed by atoms with Crippen molar-refractivity contribution in [3.8, 4) is 0 Å². The highest BCUT2D eigenvalue weighted by Gasteiger charge is 2.51. The number of ether oxygens (including phenoxy) is 1. The minimum atomic E-state index is -3.32. The number of halogens is 4. The van der Waals surface area contributed by atoms with E-state index in [9.17, 15) is 22.4 Å². The van der Waals surface area contributed by atoms with Gasteiger partial charge in [-0.1, -0.05) is 13.8 Å². The standard InChI is InChI=1S/C10H12F4O2/c1-10(2)3-6(10)9(15)16-4-5(7(11)12)8(13)14/h4,6-8H,3H2,1-2H3. The first-order chi connectivity index (χ1) is 7.25. The Labute approximate surface area is 90.3 Å². The van der Waals surface area contributed by atoms with Crippen LogP contribution in [0.5, 0.6) is 0 Å². The summed E-state index contributed by atoms with van der Waals surface area (Å²) < 4.78 is 52.4. The molecule has 0 aromatic rings. The van der Waals surface area contributed by atoms with E-state index in [1.807, 2.05) is 13.8 Å². The highest BCUT2D eigenvalue weighted by molar-refractivity contribution is 5.77. The molecule has 1 aliphatic rings. The van der Waals surface area contributed by atoms with E-state index >= 15 is 0 Å². The van der Waals surface area contributed by atoms with Crippen LogP contribution in [-0.2, 0) is 9.53 Å². The van der Waals surface area contributed by atoms with Crippen molar-refractivity contribution in [1.82, 2.24) is 0 Å². The summed E-state index contributed by atoms with van der Waals surface area (Å²) in [5.41, 5.74) is -1.69. The largest absolute Gasteiger partial charge is 0.434 e. The minimum absolute atomic E-state index is 0.173. The number of esters is 1. The Morgan fingerprint density at radius 2 is 1.75 bits per heavy atom. The summed E-state index contributed by atoms with van der Waals surface area (Å²) in [7, 11) is 0. The van der Waals surface area contributed by atoms with E-state index in [0.717, 1.165) is 0 Å². The van der Waals surface area contributed by atoms with E-state index in [4.69, 9.17) is 0 Å². The maximum atomic E-state index is 12.0. The average molecular weight is 240 g/mol. The van der Waals surface area contributed by atoms with Gasteiger partial charge in [-0.25, -0.2) is 17.6 Å². The van der Waals surface area contributed by atoms with Gasteiger partial charge in [-0.3, -0.25) is 4.79 Å². The maximum Gasteiger partial charge on any atom is 0.314 e. The zero-order chi connectivity index (χ0) is 12.5. The smallest absolute Gasteiger partial charge is 0.314 e. The predicted octanol–water partition coefficient (Wildman–Crippen LogP) is 2.99. The SMILES string of the molecule is CC1(C)CC1C(=O)OC=C(C(F)F)C(F)F. The molecule has 0 spiro atoms. The average Bonchev–Trinajstić information content (AvgIpc) is 2.74. The van der Waals surface area contributed by atoms with Crippen LogP contribution in [0.15, 0.2) is 11.8 Å². The van der Waals surface area contributed by atoms with Gasteiger partial charge in [0.25, 0.3) is 12.9 Å². The highest BCUT2D eigenvalue weighted by atomic mass is 19.3. The minimum Gasteiger partial charge on any atom is -0.434 e. The molecule has 0 aromatic heterocycles. The Morgan fingerprint density at radius 3 is 2.06 bits per heavy atom. The van der Waals surface area contributed by atoms with Gasteiger partial charge in [-0.05, 0) is 11.8 Å². The van der Waals surface area contributed by atoms with Crippen molar-refractivity contribution in [3.05, 3.63) is 11.8 Å². The molecule has 0 aromatic carbocycles. The molecule has 0 N–H and O–H groups in total. The number of hydrogen-bond acceptors (Lipinski definition) is 2. The third-order valence-electron chi connectivity index (χ3n) is 2.61. The lowest BCUT2D eigenvalue weighted by Gasteiger charge is -2.05. The molecule has 1 atom stereocenters. The van der Waals surface area contributed by atoms with Gasteiger partial charge >= 0.3 is 5.97 Å². The number of hydrogen-bond donors (Lipinski definition) is 0. The fourth-order valence-electron chi connectivity index (χ4n) is 1.28. The van der Waals surface area contributed by atoms with Crippen molar-refractivity contribution >= 4 is 5.97 Å². The van der Waals surface area contributed by atoms with Crippen molar-refractivity contribution in [2.45, 2.75) is 33.1 Å². The normalized spacial score (nSPS) is 22.1. The lowest BCUT2D eigenvalue weighted by atomic mass is 10.1. The van der Waals surface area contributed by atoms with Crippen LogP contribution in [0.2, 0.25) is 0 Å². The van der Waals surface area contributed by atoms with E-state index in [-0.39, 0.29) is 17.6 Å². The van der Waals surface area contributed by atoms with Crippen LogP contribution in [-0.4, -0.2) is 18.8 Å². The van der Waals surface area contributed by atoms with Crippen molar-refractivity contribution in [1.29, 1.82) is 0 Å². The second kappa shape index (κ2) is 4.43. The Balaban J connectivity index is 2.55. The molecule has 1 saturated carbocycles. The number of allylic oxidation sites excluding steroid dienone is 1. The van der Waals surface area contributed by atoms with Crippen LogP contribution < -0.4 is 0 Å². The van der Waals surface area contributed by atoms with Gasteiger partial charge < -0.3 is 4.74 Å². The molecule has 6 heteroatoms. The summed E-state index contributed by atoms with van der Waals surface area (Å²) >= 11 is 0. The molecule has 0 heterocycles. The molecule has 1 aliphatic carbocycles. The molecule has 0 saturated heterocycles. The molecular weight excluding hydrogens is 228 g/mol. The van der Waals surface area contributed by atoms with E-state index in [1.165, 1.54) is 0 Å². The zero-order valence-corrected chi connectivity index (χ0v) is 8.84. The first-order valence-electron chi connectivity index (χ1n) is 4.72. The third-order valence-corrected chi connectivity index (χ3v) is 2.61. The van der Waals surface area contributed by atoms with E-state index in [0.29, 0.717) is 6.42 Å². The summed E-state index contributed by atoms with van der Waals surface area (Å²) in [5.74, 6) is -1.12. The predicted molar refractivity (Wildman–Crippen MR) is 48.1 cm³/mol. The fraction of sp³-hybridized carbons (Fsp3) is 0.700. The second-order valence-corrected chi connectivity index (χ2v) is 4.40. The molecule has 0 aliphatic heterocycles. The van der Waals surface area contributed by atoms with Gasteiger partial charge in [-0.2, -0.15) is 0 Å². The van der Waals surface area contributed by atoms with Crippen molar-refractivity contribution in [2.24, 2.45) is 11.3 Å². The fourth-order valence-corrected chi connectivity index (χ4v) is 1.28. The lowest BCUT2D eigenvalue weighted by Crippen LogP contribution is -2.11. The first-order valence-corrected chi connectivity index (χ1v) is 4.72. The maximum absolute atomic E-state index is 12.0. The van der Waals surface area contributed by atoms with Gasteiger partial charge in [0.15, 0.2) is 0 Å². The summed E-state index contributed by atoms with van der Waals surface area (Å²) in [6, 6.07) is 0. The Bertz CT molecular complexity index is 300. The molecule has 2 nitrogen and oxygen atoms in total. The van der Waals surface area contributed by atoms with Gasteiger partial charge in [0.1, 0.15) is 6.26 Å². The van der Waals surface area contributed by atoms with Crippen molar-refractivity contribution in [3.63, 3.8) is 0 Å².